The summed E-state index contributed by atoms with van der Waals surface area (Å²) in [6.07, 6.45) is 0.867. The van der Waals surface area contributed by atoms with Crippen LogP contribution in [0.2, 0.25) is 0 Å². The molecule has 2 aromatic carbocycles. The molecule has 4 rings (SSSR count). The van der Waals surface area contributed by atoms with Crippen molar-refractivity contribution in [3.05, 3.63) is 58.5 Å². The number of anilines is 1. The number of imidazole rings is 1. The molecule has 24 heavy (non-hydrogen) atoms. The lowest BCUT2D eigenvalue weighted by molar-refractivity contribution is 0.545. The molecule has 0 spiro atoms. The molecule has 0 fully saturated rings. The van der Waals surface area contributed by atoms with Gasteiger partial charge < -0.3 is 9.97 Å². The van der Waals surface area contributed by atoms with Crippen LogP contribution < -0.4 is 9.99 Å². The highest BCUT2D eigenvalue weighted by Crippen LogP contribution is 2.34. The first kappa shape index (κ1) is 15.0. The Kier molecular flexibility index (Phi) is 3.28. The number of sulfonamides is 1. The number of fused-ring (bicyclic) bond motifs is 2. The molecule has 0 amide bonds. The van der Waals surface area contributed by atoms with Crippen molar-refractivity contribution in [3.63, 3.8) is 0 Å². The predicted octanol–water partition coefficient (Wildman–Crippen LogP) is 2.24. The summed E-state index contributed by atoms with van der Waals surface area (Å²) in [5, 5.41) is 0. The molecule has 1 atom stereocenters. The second-order valence-electron chi connectivity index (χ2n) is 6.26. The van der Waals surface area contributed by atoms with E-state index in [1.54, 1.807) is 6.07 Å². The number of hydrogen-bond acceptors (Lipinski definition) is 3. The van der Waals surface area contributed by atoms with E-state index in [1.807, 2.05) is 31.2 Å². The molecule has 1 aromatic heterocycles. The first-order valence-corrected chi connectivity index (χ1v) is 9.22. The van der Waals surface area contributed by atoms with E-state index in [1.165, 1.54) is 16.4 Å². The molecule has 1 unspecified atom stereocenters. The SMILES string of the molecule is CC1Cc2ccccc2N(S(=O)(=O)c2ccc3[nH]c(=O)[nH]c3c2)C1. The van der Waals surface area contributed by atoms with Gasteiger partial charge in [0, 0.05) is 6.54 Å². The molecule has 0 aliphatic carbocycles. The van der Waals surface area contributed by atoms with E-state index in [0.717, 1.165) is 17.7 Å². The van der Waals surface area contributed by atoms with Crippen LogP contribution in [0.3, 0.4) is 0 Å². The maximum Gasteiger partial charge on any atom is 0.323 e. The molecular formula is C17H17N3O3S. The summed E-state index contributed by atoms with van der Waals surface area (Å²) in [5.41, 5.74) is 2.50. The maximum atomic E-state index is 13.2. The maximum absolute atomic E-state index is 13.2. The van der Waals surface area contributed by atoms with Gasteiger partial charge in [0.1, 0.15) is 0 Å². The Balaban J connectivity index is 1.86. The zero-order chi connectivity index (χ0) is 16.9. The zero-order valence-corrected chi connectivity index (χ0v) is 13.9. The van der Waals surface area contributed by atoms with Crippen molar-refractivity contribution in [3.8, 4) is 0 Å². The Morgan fingerprint density at radius 1 is 1.08 bits per heavy atom. The summed E-state index contributed by atoms with van der Waals surface area (Å²) < 4.78 is 27.8. The minimum atomic E-state index is -3.69. The topological polar surface area (TPSA) is 86.0 Å². The van der Waals surface area contributed by atoms with Crippen molar-refractivity contribution >= 4 is 26.7 Å². The quantitative estimate of drug-likeness (QED) is 0.748. The third kappa shape index (κ3) is 2.32. The lowest BCUT2D eigenvalue weighted by atomic mass is 9.96. The number of aromatic nitrogens is 2. The van der Waals surface area contributed by atoms with Crippen molar-refractivity contribution in [2.24, 2.45) is 5.92 Å². The smallest absolute Gasteiger partial charge is 0.306 e. The Bertz CT molecular complexity index is 1080. The van der Waals surface area contributed by atoms with Crippen LogP contribution in [0.4, 0.5) is 5.69 Å². The summed E-state index contributed by atoms with van der Waals surface area (Å²) in [6, 6.07) is 12.2. The predicted molar refractivity (Wildman–Crippen MR) is 92.8 cm³/mol. The molecule has 1 aliphatic heterocycles. The number of nitrogens with zero attached hydrogens (tertiary/aromatic N) is 1. The normalized spacial score (nSPS) is 17.9. The van der Waals surface area contributed by atoms with Crippen molar-refractivity contribution in [1.82, 2.24) is 9.97 Å². The van der Waals surface area contributed by atoms with E-state index in [9.17, 15) is 13.2 Å². The van der Waals surface area contributed by atoms with Crippen molar-refractivity contribution in [2.75, 3.05) is 10.8 Å². The molecule has 1 aliphatic rings. The van der Waals surface area contributed by atoms with Gasteiger partial charge in [0.05, 0.1) is 21.6 Å². The van der Waals surface area contributed by atoms with Gasteiger partial charge in [-0.15, -0.1) is 0 Å². The Hall–Kier alpha value is -2.54. The molecule has 0 radical (unpaired) electrons. The third-order valence-electron chi connectivity index (χ3n) is 4.38. The van der Waals surface area contributed by atoms with E-state index in [2.05, 4.69) is 9.97 Å². The van der Waals surface area contributed by atoms with E-state index in [-0.39, 0.29) is 16.5 Å². The second kappa shape index (κ2) is 5.24. The number of benzene rings is 2. The average molecular weight is 343 g/mol. The van der Waals surface area contributed by atoms with Crippen molar-refractivity contribution in [1.29, 1.82) is 0 Å². The molecule has 2 N–H and O–H groups in total. The van der Waals surface area contributed by atoms with Crippen LogP contribution in [0.25, 0.3) is 11.0 Å². The van der Waals surface area contributed by atoms with Crippen molar-refractivity contribution < 1.29 is 8.42 Å². The molecule has 0 bridgehead atoms. The molecule has 7 heteroatoms. The van der Waals surface area contributed by atoms with Gasteiger partial charge in [0.25, 0.3) is 10.0 Å². The van der Waals surface area contributed by atoms with Gasteiger partial charge in [-0.2, -0.15) is 0 Å². The van der Waals surface area contributed by atoms with E-state index in [4.69, 9.17) is 0 Å². The standard InChI is InChI=1S/C17H17N3O3S/c1-11-8-12-4-2-3-5-16(12)20(10-11)24(22,23)13-6-7-14-15(9-13)19-17(21)18-14/h2-7,9,11H,8,10H2,1H3,(H2,18,19,21). The third-order valence-corrected chi connectivity index (χ3v) is 6.16. The minimum Gasteiger partial charge on any atom is -0.306 e. The van der Waals surface area contributed by atoms with Gasteiger partial charge in [-0.05, 0) is 42.2 Å². The van der Waals surface area contributed by atoms with Gasteiger partial charge >= 0.3 is 5.69 Å². The minimum absolute atomic E-state index is 0.175. The van der Waals surface area contributed by atoms with E-state index >= 15 is 0 Å². The highest BCUT2D eigenvalue weighted by Gasteiger charge is 2.31. The van der Waals surface area contributed by atoms with Gasteiger partial charge in [-0.1, -0.05) is 25.1 Å². The van der Waals surface area contributed by atoms with Crippen LogP contribution in [-0.2, 0) is 16.4 Å². The summed E-state index contributed by atoms with van der Waals surface area (Å²) in [7, 11) is -3.69. The molecule has 6 nitrogen and oxygen atoms in total. The van der Waals surface area contributed by atoms with Crippen LogP contribution in [0.1, 0.15) is 12.5 Å². The number of hydrogen-bond donors (Lipinski definition) is 2. The molecule has 3 aromatic rings. The van der Waals surface area contributed by atoms with Crippen LogP contribution in [0.5, 0.6) is 0 Å². The first-order chi connectivity index (χ1) is 11.4. The average Bonchev–Trinajstić information content (AvgIpc) is 2.93. The number of H-pyrrole nitrogens is 2. The summed E-state index contributed by atoms with van der Waals surface area (Å²) in [6.45, 7) is 2.49. The molecule has 0 saturated heterocycles. The van der Waals surface area contributed by atoms with E-state index in [0.29, 0.717) is 17.6 Å². The Morgan fingerprint density at radius 3 is 2.67 bits per heavy atom. The highest BCUT2D eigenvalue weighted by atomic mass is 32.2. The van der Waals surface area contributed by atoms with Crippen LogP contribution in [0.15, 0.2) is 52.2 Å². The van der Waals surface area contributed by atoms with Crippen molar-refractivity contribution in [2.45, 2.75) is 18.2 Å². The van der Waals surface area contributed by atoms with Gasteiger partial charge in [0.15, 0.2) is 0 Å². The lowest BCUT2D eigenvalue weighted by Crippen LogP contribution is -2.39. The fourth-order valence-electron chi connectivity index (χ4n) is 3.28. The second-order valence-corrected chi connectivity index (χ2v) is 8.12. The monoisotopic (exact) mass is 343 g/mol. The fraction of sp³-hybridized carbons (Fsp3) is 0.235. The lowest BCUT2D eigenvalue weighted by Gasteiger charge is -2.33. The van der Waals surface area contributed by atoms with Crippen LogP contribution in [0, 0.1) is 5.92 Å². The molecule has 2 heterocycles. The Labute approximate surface area is 139 Å². The number of rotatable bonds is 2. The largest absolute Gasteiger partial charge is 0.323 e. The van der Waals surface area contributed by atoms with Gasteiger partial charge in [0.2, 0.25) is 0 Å². The van der Waals surface area contributed by atoms with Gasteiger partial charge in [-0.25, -0.2) is 13.2 Å². The molecule has 0 saturated carbocycles. The Morgan fingerprint density at radius 2 is 1.83 bits per heavy atom. The summed E-state index contributed by atoms with van der Waals surface area (Å²) in [4.78, 5) is 16.8. The molecular weight excluding hydrogens is 326 g/mol. The van der Waals surface area contributed by atoms with E-state index < -0.39 is 10.0 Å². The summed E-state index contributed by atoms with van der Waals surface area (Å²) in [5.74, 6) is 0.241. The van der Waals surface area contributed by atoms with Crippen LogP contribution >= 0.6 is 0 Å². The first-order valence-electron chi connectivity index (χ1n) is 7.78. The van der Waals surface area contributed by atoms with Crippen LogP contribution in [-0.4, -0.2) is 24.9 Å². The number of aromatic amines is 2. The highest BCUT2D eigenvalue weighted by molar-refractivity contribution is 7.92. The summed E-state index contributed by atoms with van der Waals surface area (Å²) >= 11 is 0. The number of para-hydroxylation sites is 1. The zero-order valence-electron chi connectivity index (χ0n) is 13.1. The van der Waals surface area contributed by atoms with Gasteiger partial charge in [-0.3, -0.25) is 4.31 Å². The molecule has 124 valence electrons. The number of nitrogens with one attached hydrogen (secondary N) is 2. The fourth-order valence-corrected chi connectivity index (χ4v) is 4.92.